The Balaban J connectivity index is 1.96. The number of esters is 1. The number of methoxy groups -OCH3 is 1. The predicted molar refractivity (Wildman–Crippen MR) is 64.6 cm³/mol. The Kier molecular flexibility index (Phi) is 2.05. The molecule has 0 saturated heterocycles. The fourth-order valence-electron chi connectivity index (χ4n) is 3.28. The van der Waals surface area contributed by atoms with Crippen molar-refractivity contribution in [2.45, 2.75) is 22.8 Å². The molecule has 1 aromatic rings. The summed E-state index contributed by atoms with van der Waals surface area (Å²) in [5.74, 6) is -0.449. The van der Waals surface area contributed by atoms with Crippen LogP contribution in [0.1, 0.15) is 18.4 Å². The van der Waals surface area contributed by atoms with E-state index in [9.17, 15) is 9.18 Å². The van der Waals surface area contributed by atoms with E-state index in [-0.39, 0.29) is 0 Å². The van der Waals surface area contributed by atoms with Crippen molar-refractivity contribution in [3.05, 3.63) is 35.9 Å². The fraction of sp³-hybridized carbons (Fsp3) is 0.462. The van der Waals surface area contributed by atoms with Crippen molar-refractivity contribution < 1.29 is 13.9 Å². The van der Waals surface area contributed by atoms with Gasteiger partial charge in [-0.15, -0.1) is 0 Å². The van der Waals surface area contributed by atoms with Crippen molar-refractivity contribution in [1.82, 2.24) is 0 Å². The summed E-state index contributed by atoms with van der Waals surface area (Å²) in [5, 5.41) is 0. The number of hydrogen-bond acceptors (Lipinski definition) is 2. The van der Waals surface area contributed by atoms with E-state index in [0.717, 1.165) is 5.56 Å². The summed E-state index contributed by atoms with van der Waals surface area (Å²) in [7, 11) is 1.31. The van der Waals surface area contributed by atoms with E-state index in [1.807, 2.05) is 30.3 Å². The Morgan fingerprint density at radius 1 is 1.35 bits per heavy atom. The highest BCUT2D eigenvalue weighted by atomic mass is 79.9. The molecule has 4 heteroatoms. The molecule has 3 aliphatic carbocycles. The molecule has 3 aliphatic rings. The Morgan fingerprint density at radius 2 is 1.94 bits per heavy atom. The summed E-state index contributed by atoms with van der Waals surface area (Å²) >= 11 is 3.10. The minimum atomic E-state index is -1.67. The summed E-state index contributed by atoms with van der Waals surface area (Å²) in [6.07, 6.45) is 1.05. The number of halogens is 2. The van der Waals surface area contributed by atoms with Gasteiger partial charge in [0.05, 0.1) is 7.11 Å². The second-order valence-electron chi connectivity index (χ2n) is 4.95. The molecule has 90 valence electrons. The summed E-state index contributed by atoms with van der Waals surface area (Å²) < 4.78 is 17.7. The van der Waals surface area contributed by atoms with Crippen LogP contribution in [-0.4, -0.2) is 17.7 Å². The van der Waals surface area contributed by atoms with Crippen molar-refractivity contribution >= 4 is 21.9 Å². The first-order valence-electron chi connectivity index (χ1n) is 5.52. The molecule has 2 nitrogen and oxygen atoms in total. The quantitative estimate of drug-likeness (QED) is 0.620. The first-order valence-corrected chi connectivity index (χ1v) is 6.31. The third kappa shape index (κ3) is 0.992. The predicted octanol–water partition coefficient (Wildman–Crippen LogP) is 2.95. The normalized spacial score (nSPS) is 42.3. The van der Waals surface area contributed by atoms with Crippen molar-refractivity contribution in [3.63, 3.8) is 0 Å². The molecule has 0 aliphatic heterocycles. The largest absolute Gasteiger partial charge is 0.468 e. The van der Waals surface area contributed by atoms with Crippen LogP contribution >= 0.6 is 15.9 Å². The van der Waals surface area contributed by atoms with E-state index < -0.39 is 21.4 Å². The van der Waals surface area contributed by atoms with E-state index in [4.69, 9.17) is 4.74 Å². The zero-order valence-electron chi connectivity index (χ0n) is 9.37. The SMILES string of the molecule is COC(=O)C12CC(c3ccccc3)(C1)C2(F)Br. The number of rotatable bonds is 2. The molecule has 0 N–H and O–H groups in total. The van der Waals surface area contributed by atoms with Crippen LogP contribution in [0.2, 0.25) is 0 Å². The van der Waals surface area contributed by atoms with Crippen molar-refractivity contribution in [3.8, 4) is 0 Å². The fourth-order valence-corrected chi connectivity index (χ4v) is 4.23. The minimum Gasteiger partial charge on any atom is -0.468 e. The number of carbonyl (C=O) groups is 1. The lowest BCUT2D eigenvalue weighted by atomic mass is 9.32. The topological polar surface area (TPSA) is 26.3 Å². The maximum atomic E-state index is 14.7. The van der Waals surface area contributed by atoms with Crippen LogP contribution in [0.25, 0.3) is 0 Å². The molecule has 4 rings (SSSR count). The molecule has 3 saturated carbocycles. The summed E-state index contributed by atoms with van der Waals surface area (Å²) in [5.41, 5.74) is -0.579. The zero-order chi connectivity index (χ0) is 12.3. The van der Waals surface area contributed by atoms with Gasteiger partial charge in [-0.1, -0.05) is 30.3 Å². The molecule has 1 unspecified atom stereocenters. The molecule has 0 spiro atoms. The molecule has 0 aromatic heterocycles. The Hall–Kier alpha value is -0.900. The number of ether oxygens (including phenoxy) is 1. The van der Waals surface area contributed by atoms with Gasteiger partial charge in [0.15, 0.2) is 4.58 Å². The van der Waals surface area contributed by atoms with E-state index in [1.54, 1.807) is 0 Å². The maximum Gasteiger partial charge on any atom is 0.316 e. The van der Waals surface area contributed by atoms with Gasteiger partial charge in [0.25, 0.3) is 0 Å². The van der Waals surface area contributed by atoms with Crippen LogP contribution in [0.15, 0.2) is 30.3 Å². The molecule has 1 atom stereocenters. The van der Waals surface area contributed by atoms with Crippen LogP contribution in [0.3, 0.4) is 0 Å². The van der Waals surface area contributed by atoms with Crippen molar-refractivity contribution in [1.29, 1.82) is 0 Å². The Morgan fingerprint density at radius 3 is 2.41 bits per heavy atom. The highest BCUT2D eigenvalue weighted by molar-refractivity contribution is 9.10. The second-order valence-corrected chi connectivity index (χ2v) is 6.04. The van der Waals surface area contributed by atoms with E-state index in [2.05, 4.69) is 15.9 Å². The molecule has 0 heterocycles. The van der Waals surface area contributed by atoms with Gasteiger partial charge < -0.3 is 4.74 Å². The van der Waals surface area contributed by atoms with Gasteiger partial charge in [0.1, 0.15) is 5.41 Å². The molecule has 1 aromatic carbocycles. The van der Waals surface area contributed by atoms with Crippen LogP contribution < -0.4 is 0 Å². The lowest BCUT2D eigenvalue weighted by Gasteiger charge is -2.75. The average Bonchev–Trinajstić information content (AvgIpc) is 2.28. The summed E-state index contributed by atoms with van der Waals surface area (Å²) in [6.45, 7) is 0. The van der Waals surface area contributed by atoms with Gasteiger partial charge in [0, 0.05) is 5.41 Å². The first kappa shape index (κ1) is 11.2. The Bertz CT molecular complexity index is 477. The van der Waals surface area contributed by atoms with Gasteiger partial charge in [0.2, 0.25) is 0 Å². The first-order chi connectivity index (χ1) is 8.00. The standard InChI is InChI=1S/C13H12BrFO2/c1-17-10(16)12-7-11(8-12,13(12,14)15)9-5-3-2-4-6-9/h2-6H,7-8H2,1H3. The third-order valence-electron chi connectivity index (χ3n) is 4.31. The molecule has 17 heavy (non-hydrogen) atoms. The van der Waals surface area contributed by atoms with Crippen LogP contribution in [0, 0.1) is 5.41 Å². The molecule has 0 amide bonds. The Labute approximate surface area is 107 Å². The van der Waals surface area contributed by atoms with E-state index in [1.165, 1.54) is 7.11 Å². The highest BCUT2D eigenvalue weighted by Gasteiger charge is 2.89. The monoisotopic (exact) mass is 298 g/mol. The second kappa shape index (κ2) is 3.10. The number of alkyl halides is 2. The highest BCUT2D eigenvalue weighted by Crippen LogP contribution is 2.83. The van der Waals surface area contributed by atoms with E-state index >= 15 is 0 Å². The van der Waals surface area contributed by atoms with Gasteiger partial charge in [-0.05, 0) is 34.3 Å². The average molecular weight is 299 g/mol. The van der Waals surface area contributed by atoms with E-state index in [0.29, 0.717) is 12.8 Å². The van der Waals surface area contributed by atoms with Crippen molar-refractivity contribution in [2.75, 3.05) is 7.11 Å². The lowest BCUT2D eigenvalue weighted by molar-refractivity contribution is -0.253. The summed E-state index contributed by atoms with van der Waals surface area (Å²) in [6, 6.07) is 9.51. The van der Waals surface area contributed by atoms with Crippen LogP contribution in [-0.2, 0) is 14.9 Å². The van der Waals surface area contributed by atoms with Gasteiger partial charge >= 0.3 is 5.97 Å². The minimum absolute atomic E-state index is 0.449. The molecule has 3 fully saturated rings. The van der Waals surface area contributed by atoms with Crippen molar-refractivity contribution in [2.24, 2.45) is 5.41 Å². The lowest BCUT2D eigenvalue weighted by Crippen LogP contribution is -2.83. The third-order valence-corrected chi connectivity index (χ3v) is 5.83. The number of benzene rings is 1. The molecule has 0 radical (unpaired) electrons. The van der Waals surface area contributed by atoms with Crippen LogP contribution in [0.5, 0.6) is 0 Å². The van der Waals surface area contributed by atoms with Gasteiger partial charge in [-0.3, -0.25) is 4.79 Å². The van der Waals surface area contributed by atoms with Crippen LogP contribution in [0.4, 0.5) is 4.39 Å². The van der Waals surface area contributed by atoms with Gasteiger partial charge in [-0.25, -0.2) is 4.39 Å². The zero-order valence-corrected chi connectivity index (χ0v) is 11.0. The molecule has 2 bridgehead atoms. The number of hydrogen-bond donors (Lipinski definition) is 0. The van der Waals surface area contributed by atoms with Gasteiger partial charge in [-0.2, -0.15) is 0 Å². The maximum absolute atomic E-state index is 14.7. The molecular formula is C13H12BrFO2. The smallest absolute Gasteiger partial charge is 0.316 e. The molecular weight excluding hydrogens is 287 g/mol. The summed E-state index contributed by atoms with van der Waals surface area (Å²) in [4.78, 5) is 11.7. The number of carbonyl (C=O) groups excluding carboxylic acids is 1.